The Hall–Kier alpha value is -4.08. The Morgan fingerprint density at radius 1 is 1.15 bits per heavy atom. The minimum Gasteiger partial charge on any atom is -0.485 e. The van der Waals surface area contributed by atoms with Gasteiger partial charge in [-0.15, -0.1) is 0 Å². The number of hydrogen-bond acceptors (Lipinski definition) is 6. The van der Waals surface area contributed by atoms with Gasteiger partial charge < -0.3 is 9.47 Å². The molecule has 8 nitrogen and oxygen atoms in total. The molecule has 0 fully saturated rings. The highest BCUT2D eigenvalue weighted by Gasteiger charge is 2.33. The largest absolute Gasteiger partial charge is 0.485 e. The van der Waals surface area contributed by atoms with E-state index in [0.29, 0.717) is 22.7 Å². The topological polar surface area (TPSA) is 91.8 Å². The molecule has 1 aromatic carbocycles. The lowest BCUT2D eigenvalue weighted by atomic mass is 10.1. The summed E-state index contributed by atoms with van der Waals surface area (Å²) in [6.45, 7) is 6.07. The summed E-state index contributed by atoms with van der Waals surface area (Å²) in [7, 11) is 0. The van der Waals surface area contributed by atoms with Crippen molar-refractivity contribution >= 4 is 5.65 Å². The van der Waals surface area contributed by atoms with Crippen LogP contribution >= 0.6 is 0 Å². The second-order valence-corrected chi connectivity index (χ2v) is 8.30. The quantitative estimate of drug-likeness (QED) is 0.209. The van der Waals surface area contributed by atoms with Crippen molar-refractivity contribution in [3.8, 4) is 22.9 Å². The average Bonchev–Trinajstić information content (AvgIpc) is 3.09. The zero-order valence-corrected chi connectivity index (χ0v) is 19.0. The second kappa shape index (κ2) is 8.69. The van der Waals surface area contributed by atoms with Crippen molar-refractivity contribution < 1.29 is 23.2 Å². The fourth-order valence-corrected chi connectivity index (χ4v) is 3.51. The van der Waals surface area contributed by atoms with Gasteiger partial charge in [-0.05, 0) is 43.7 Å². The molecule has 0 radical (unpaired) electrons. The summed E-state index contributed by atoms with van der Waals surface area (Å²) in [6, 6.07) is 8.68. The van der Waals surface area contributed by atoms with Gasteiger partial charge >= 0.3 is 5.72 Å². The number of nitro groups is 1. The van der Waals surface area contributed by atoms with Crippen molar-refractivity contribution in [2.24, 2.45) is 0 Å². The van der Waals surface area contributed by atoms with E-state index in [9.17, 15) is 18.9 Å². The van der Waals surface area contributed by atoms with E-state index in [2.05, 4.69) is 9.97 Å². The van der Waals surface area contributed by atoms with Crippen LogP contribution in [0.4, 0.5) is 8.78 Å². The summed E-state index contributed by atoms with van der Waals surface area (Å²) in [4.78, 5) is 19.4. The molecule has 3 heterocycles. The number of pyridine rings is 2. The Morgan fingerprint density at radius 3 is 2.47 bits per heavy atom. The number of nitrogens with zero attached hydrogens (tertiary/aromatic N) is 4. The van der Waals surface area contributed by atoms with E-state index in [1.807, 2.05) is 24.4 Å². The molecule has 4 rings (SSSR count). The number of aromatic nitrogens is 3. The van der Waals surface area contributed by atoms with Crippen molar-refractivity contribution in [3.63, 3.8) is 0 Å². The lowest BCUT2D eigenvalue weighted by Crippen LogP contribution is -2.37. The van der Waals surface area contributed by atoms with E-state index < -0.39 is 22.3 Å². The van der Waals surface area contributed by atoms with Gasteiger partial charge in [0.1, 0.15) is 18.2 Å². The van der Waals surface area contributed by atoms with Crippen molar-refractivity contribution in [3.05, 3.63) is 87.4 Å². The molecule has 0 N–H and O–H groups in total. The molecule has 0 saturated heterocycles. The highest BCUT2D eigenvalue weighted by Crippen LogP contribution is 2.31. The molecule has 0 amide bonds. The third kappa shape index (κ3) is 4.39. The Kier molecular flexibility index (Phi) is 5.90. The first-order valence-electron chi connectivity index (χ1n) is 10.4. The summed E-state index contributed by atoms with van der Waals surface area (Å²) < 4.78 is 41.0. The van der Waals surface area contributed by atoms with Crippen LogP contribution in [-0.2, 0) is 6.61 Å². The van der Waals surface area contributed by atoms with Crippen LogP contribution in [0.3, 0.4) is 0 Å². The summed E-state index contributed by atoms with van der Waals surface area (Å²) >= 11 is 0. The molecule has 176 valence electrons. The van der Waals surface area contributed by atoms with Crippen molar-refractivity contribution in [1.82, 2.24) is 14.4 Å². The summed E-state index contributed by atoms with van der Waals surface area (Å²) in [5.41, 5.74) is 1.65. The van der Waals surface area contributed by atoms with Crippen LogP contribution in [0.25, 0.3) is 16.9 Å². The fraction of sp³-hybridized carbons (Fsp3) is 0.250. The Morgan fingerprint density at radius 2 is 1.85 bits per heavy atom. The lowest BCUT2D eigenvalue weighted by Gasteiger charge is -2.16. The number of halogens is 2. The number of rotatable bonds is 7. The monoisotopic (exact) mass is 468 g/mol. The normalized spacial score (nSPS) is 11.6. The van der Waals surface area contributed by atoms with Crippen molar-refractivity contribution in [2.75, 3.05) is 0 Å². The van der Waals surface area contributed by atoms with E-state index in [1.165, 1.54) is 32.0 Å². The molecule has 34 heavy (non-hydrogen) atoms. The first kappa shape index (κ1) is 23.1. The third-order valence-electron chi connectivity index (χ3n) is 5.23. The number of benzene rings is 1. The standard InChI is InChI=1S/C24H22F2N4O4/c1-14-10-20(33-13-17-18(25)6-5-7-19(17)26)23-28-15(2)22(29(23)12-14)16-8-9-21(27-11-16)34-24(3,4)30(31)32/h5-12H,13H2,1-4H3. The highest BCUT2D eigenvalue weighted by atomic mass is 19.1. The molecule has 0 aliphatic rings. The van der Waals surface area contributed by atoms with E-state index >= 15 is 0 Å². The van der Waals surface area contributed by atoms with Crippen molar-refractivity contribution in [2.45, 2.75) is 40.0 Å². The van der Waals surface area contributed by atoms with Gasteiger partial charge in [0.25, 0.3) is 0 Å². The molecule has 0 aliphatic heterocycles. The molecule has 0 atom stereocenters. The van der Waals surface area contributed by atoms with Crippen LogP contribution in [0.2, 0.25) is 0 Å². The first-order valence-corrected chi connectivity index (χ1v) is 10.4. The molecule has 0 saturated carbocycles. The Balaban J connectivity index is 1.68. The maximum absolute atomic E-state index is 14.0. The average molecular weight is 468 g/mol. The van der Waals surface area contributed by atoms with Gasteiger partial charge in [-0.25, -0.2) is 18.7 Å². The number of ether oxygens (including phenoxy) is 2. The molecule has 0 spiro atoms. The molecule has 3 aromatic heterocycles. The zero-order valence-electron chi connectivity index (χ0n) is 19.0. The van der Waals surface area contributed by atoms with Gasteiger partial charge in [0, 0.05) is 37.9 Å². The minimum absolute atomic E-state index is 0.115. The molecule has 0 unspecified atom stereocenters. The van der Waals surface area contributed by atoms with E-state index in [4.69, 9.17) is 9.47 Å². The number of imidazole rings is 1. The van der Waals surface area contributed by atoms with Crippen LogP contribution in [-0.4, -0.2) is 25.0 Å². The van der Waals surface area contributed by atoms with E-state index in [1.54, 1.807) is 24.4 Å². The van der Waals surface area contributed by atoms with Gasteiger partial charge in [-0.1, -0.05) is 6.07 Å². The predicted molar refractivity (Wildman–Crippen MR) is 120 cm³/mol. The number of hydrogen-bond donors (Lipinski definition) is 0. The summed E-state index contributed by atoms with van der Waals surface area (Å²) in [6.07, 6.45) is 3.40. The van der Waals surface area contributed by atoms with Crippen LogP contribution in [0.1, 0.15) is 30.7 Å². The minimum atomic E-state index is -1.62. The first-order chi connectivity index (χ1) is 16.1. The molecular weight excluding hydrogens is 446 g/mol. The van der Waals surface area contributed by atoms with Crippen LogP contribution < -0.4 is 9.47 Å². The maximum Gasteiger partial charge on any atom is 0.358 e. The van der Waals surface area contributed by atoms with Gasteiger partial charge in [0.2, 0.25) is 5.88 Å². The molecule has 0 bridgehead atoms. The van der Waals surface area contributed by atoms with E-state index in [-0.39, 0.29) is 18.1 Å². The number of fused-ring (bicyclic) bond motifs is 1. The summed E-state index contributed by atoms with van der Waals surface area (Å²) in [5.74, 6) is -0.878. The van der Waals surface area contributed by atoms with Crippen LogP contribution in [0.5, 0.6) is 11.6 Å². The fourth-order valence-electron chi connectivity index (χ4n) is 3.51. The van der Waals surface area contributed by atoms with Gasteiger partial charge in [0.15, 0.2) is 11.4 Å². The van der Waals surface area contributed by atoms with Gasteiger partial charge in [-0.3, -0.25) is 14.5 Å². The SMILES string of the molecule is Cc1cc(OCc2c(F)cccc2F)c2nc(C)c(-c3ccc(OC(C)(C)[N+](=O)[O-])nc3)n2c1. The third-order valence-corrected chi connectivity index (χ3v) is 5.23. The van der Waals surface area contributed by atoms with Gasteiger partial charge in [0.05, 0.1) is 21.9 Å². The van der Waals surface area contributed by atoms with Gasteiger partial charge in [-0.2, -0.15) is 0 Å². The lowest BCUT2D eigenvalue weighted by molar-refractivity contribution is -0.605. The van der Waals surface area contributed by atoms with Crippen LogP contribution in [0.15, 0.2) is 48.8 Å². The maximum atomic E-state index is 14.0. The molecular formula is C24H22F2N4O4. The molecule has 10 heteroatoms. The summed E-state index contributed by atoms with van der Waals surface area (Å²) in [5, 5.41) is 11.1. The smallest absolute Gasteiger partial charge is 0.358 e. The molecule has 4 aromatic rings. The predicted octanol–water partition coefficient (Wildman–Crippen LogP) is 5.26. The van der Waals surface area contributed by atoms with Crippen LogP contribution in [0, 0.1) is 35.6 Å². The van der Waals surface area contributed by atoms with Crippen molar-refractivity contribution in [1.29, 1.82) is 0 Å². The Labute approximate surface area is 194 Å². The second-order valence-electron chi connectivity index (χ2n) is 8.30. The zero-order chi connectivity index (χ0) is 24.6. The number of aryl methyl sites for hydroxylation is 2. The molecule has 0 aliphatic carbocycles. The Bertz CT molecular complexity index is 1360. The van der Waals surface area contributed by atoms with E-state index in [0.717, 1.165) is 11.3 Å². The highest BCUT2D eigenvalue weighted by molar-refractivity contribution is 5.70.